The Kier molecular flexibility index (Phi) is 5.05. The summed E-state index contributed by atoms with van der Waals surface area (Å²) in [5, 5.41) is 10.0. The van der Waals surface area contributed by atoms with Crippen LogP contribution in [-0.2, 0) is 15.1 Å². The van der Waals surface area contributed by atoms with Gasteiger partial charge in [0, 0.05) is 0 Å². The van der Waals surface area contributed by atoms with Crippen molar-refractivity contribution in [3.05, 3.63) is 29.8 Å². The number of ether oxygens (including phenoxy) is 2. The second-order valence-electron chi connectivity index (χ2n) is 4.32. The zero-order chi connectivity index (χ0) is 15.4. The summed E-state index contributed by atoms with van der Waals surface area (Å²) in [6.45, 7) is 4.33. The third-order valence-electron chi connectivity index (χ3n) is 2.87. The molecule has 0 heterocycles. The van der Waals surface area contributed by atoms with Crippen LogP contribution in [0.1, 0.15) is 26.3 Å². The molecule has 1 atom stereocenters. The summed E-state index contributed by atoms with van der Waals surface area (Å²) in [6.07, 6.45) is 0. The van der Waals surface area contributed by atoms with Crippen molar-refractivity contribution in [2.45, 2.75) is 32.3 Å². The number of carbonyl (C=O) groups excluding carboxylic acids is 1. The van der Waals surface area contributed by atoms with E-state index in [1.165, 1.54) is 31.2 Å². The molecular weight excluding hydrogens is 270 g/mol. The summed E-state index contributed by atoms with van der Waals surface area (Å²) < 4.78 is 37.4. The maximum Gasteiger partial charge on any atom is 0.380 e. The first-order valence-corrected chi connectivity index (χ1v) is 6.28. The first kappa shape index (κ1) is 16.4. The molecule has 0 spiro atoms. The van der Waals surface area contributed by atoms with Crippen LogP contribution in [0, 0.1) is 0 Å². The molecule has 0 fully saturated rings. The maximum absolute atomic E-state index is 14.0. The Labute approximate surface area is 116 Å². The third kappa shape index (κ3) is 3.07. The van der Waals surface area contributed by atoms with E-state index >= 15 is 0 Å². The van der Waals surface area contributed by atoms with E-state index in [1.54, 1.807) is 6.92 Å². The fourth-order valence-corrected chi connectivity index (χ4v) is 1.64. The quantitative estimate of drug-likeness (QED) is 0.817. The van der Waals surface area contributed by atoms with Crippen LogP contribution in [0.3, 0.4) is 0 Å². The number of benzene rings is 1. The number of esters is 1. The van der Waals surface area contributed by atoms with Gasteiger partial charge in [0.15, 0.2) is 5.60 Å². The van der Waals surface area contributed by atoms with Gasteiger partial charge in [0.05, 0.1) is 13.2 Å². The third-order valence-corrected chi connectivity index (χ3v) is 2.87. The first-order valence-electron chi connectivity index (χ1n) is 6.28. The molecule has 4 nitrogen and oxygen atoms in total. The van der Waals surface area contributed by atoms with Crippen molar-refractivity contribution in [3.63, 3.8) is 0 Å². The Morgan fingerprint density at radius 3 is 2.20 bits per heavy atom. The molecule has 1 N–H and O–H groups in total. The first-order chi connectivity index (χ1) is 9.27. The lowest BCUT2D eigenvalue weighted by atomic mass is 9.89. The van der Waals surface area contributed by atoms with Crippen molar-refractivity contribution < 1.29 is 28.2 Å². The predicted octanol–water partition coefficient (Wildman–Crippen LogP) is 2.49. The smallest absolute Gasteiger partial charge is 0.380 e. The van der Waals surface area contributed by atoms with Crippen molar-refractivity contribution in [1.29, 1.82) is 0 Å². The van der Waals surface area contributed by atoms with Gasteiger partial charge in [0.1, 0.15) is 5.75 Å². The summed E-state index contributed by atoms with van der Waals surface area (Å²) >= 11 is 0. The van der Waals surface area contributed by atoms with E-state index in [-0.39, 0.29) is 12.2 Å². The molecule has 0 saturated carbocycles. The minimum atomic E-state index is -4.05. The van der Waals surface area contributed by atoms with Crippen LogP contribution in [0.2, 0.25) is 0 Å². The van der Waals surface area contributed by atoms with E-state index in [4.69, 9.17) is 4.74 Å². The predicted molar refractivity (Wildman–Crippen MR) is 68.8 cm³/mol. The van der Waals surface area contributed by atoms with Gasteiger partial charge < -0.3 is 14.6 Å². The molecule has 0 aliphatic rings. The summed E-state index contributed by atoms with van der Waals surface area (Å²) in [4.78, 5) is 11.3. The Morgan fingerprint density at radius 1 is 1.20 bits per heavy atom. The van der Waals surface area contributed by atoms with Gasteiger partial charge in [-0.15, -0.1) is 0 Å². The Morgan fingerprint density at radius 2 is 1.75 bits per heavy atom. The second-order valence-corrected chi connectivity index (χ2v) is 4.32. The maximum atomic E-state index is 14.0. The number of hydrogen-bond acceptors (Lipinski definition) is 4. The molecule has 112 valence electrons. The zero-order valence-corrected chi connectivity index (χ0v) is 11.7. The van der Waals surface area contributed by atoms with E-state index in [0.717, 1.165) is 6.92 Å². The lowest BCUT2D eigenvalue weighted by molar-refractivity contribution is -0.212. The largest absolute Gasteiger partial charge is 0.494 e. The lowest BCUT2D eigenvalue weighted by Gasteiger charge is -2.31. The molecular formula is C14H18F2O4. The van der Waals surface area contributed by atoms with E-state index in [2.05, 4.69) is 4.74 Å². The number of halogens is 2. The molecule has 1 rings (SSSR count). The molecule has 0 bridgehead atoms. The minimum Gasteiger partial charge on any atom is -0.494 e. The second kappa shape index (κ2) is 6.17. The molecule has 0 radical (unpaired) electrons. The van der Waals surface area contributed by atoms with Gasteiger partial charge in [0.25, 0.3) is 0 Å². The molecule has 0 aliphatic carbocycles. The van der Waals surface area contributed by atoms with Crippen molar-refractivity contribution >= 4 is 5.97 Å². The fraction of sp³-hybridized carbons (Fsp3) is 0.500. The van der Waals surface area contributed by atoms with E-state index in [0.29, 0.717) is 12.4 Å². The van der Waals surface area contributed by atoms with Crippen LogP contribution in [-0.4, -0.2) is 30.2 Å². The number of aliphatic hydroxyl groups is 1. The zero-order valence-electron chi connectivity index (χ0n) is 11.7. The topological polar surface area (TPSA) is 55.8 Å². The Hall–Kier alpha value is -1.69. The van der Waals surface area contributed by atoms with E-state index in [1.807, 2.05) is 0 Å². The van der Waals surface area contributed by atoms with Gasteiger partial charge in [-0.3, -0.25) is 0 Å². The monoisotopic (exact) mass is 288 g/mol. The molecule has 0 aliphatic heterocycles. The average molecular weight is 288 g/mol. The highest BCUT2D eigenvalue weighted by Gasteiger charge is 2.57. The normalized spacial score (nSPS) is 14.5. The highest BCUT2D eigenvalue weighted by molar-refractivity contribution is 5.79. The molecule has 1 unspecified atom stereocenters. The summed E-state index contributed by atoms with van der Waals surface area (Å²) in [7, 11) is 0. The molecule has 0 saturated heterocycles. The summed E-state index contributed by atoms with van der Waals surface area (Å²) in [5.41, 5.74) is -2.76. The van der Waals surface area contributed by atoms with Crippen molar-refractivity contribution in [3.8, 4) is 5.75 Å². The van der Waals surface area contributed by atoms with Crippen molar-refractivity contribution in [2.24, 2.45) is 0 Å². The Balaban J connectivity index is 3.05. The lowest BCUT2D eigenvalue weighted by Crippen LogP contribution is -2.49. The van der Waals surface area contributed by atoms with Crippen LogP contribution >= 0.6 is 0 Å². The van der Waals surface area contributed by atoms with Crippen LogP contribution < -0.4 is 4.74 Å². The van der Waals surface area contributed by atoms with Gasteiger partial charge >= 0.3 is 11.9 Å². The average Bonchev–Trinajstić information content (AvgIpc) is 2.39. The number of rotatable bonds is 6. The molecule has 0 amide bonds. The summed E-state index contributed by atoms with van der Waals surface area (Å²) in [6, 6.07) is 5.49. The molecule has 6 heteroatoms. The van der Waals surface area contributed by atoms with Crippen molar-refractivity contribution in [1.82, 2.24) is 0 Å². The number of carbonyl (C=O) groups is 1. The van der Waals surface area contributed by atoms with Crippen molar-refractivity contribution in [2.75, 3.05) is 13.2 Å². The standard InChI is InChI=1S/C14H18F2O4/c1-4-19-11-8-6-10(7-9-11)13(3,18)14(15,16)12(17)20-5-2/h6-9,18H,4-5H2,1-3H3. The van der Waals surface area contributed by atoms with Crippen LogP contribution in [0.5, 0.6) is 5.75 Å². The van der Waals surface area contributed by atoms with Crippen LogP contribution in [0.15, 0.2) is 24.3 Å². The van der Waals surface area contributed by atoms with E-state index in [9.17, 15) is 18.7 Å². The van der Waals surface area contributed by atoms with Gasteiger partial charge in [-0.25, -0.2) is 4.79 Å². The molecule has 1 aromatic rings. The fourth-order valence-electron chi connectivity index (χ4n) is 1.64. The van der Waals surface area contributed by atoms with Gasteiger partial charge in [-0.05, 0) is 38.5 Å². The van der Waals surface area contributed by atoms with Crippen LogP contribution in [0.4, 0.5) is 8.78 Å². The van der Waals surface area contributed by atoms with Gasteiger partial charge in [-0.1, -0.05) is 12.1 Å². The number of hydrogen-bond donors (Lipinski definition) is 1. The van der Waals surface area contributed by atoms with Gasteiger partial charge in [0.2, 0.25) is 0 Å². The molecule has 1 aromatic carbocycles. The highest BCUT2D eigenvalue weighted by atomic mass is 19.3. The SMILES string of the molecule is CCOC(=O)C(F)(F)C(C)(O)c1ccc(OCC)cc1. The number of alkyl halides is 2. The minimum absolute atomic E-state index is 0.0981. The highest BCUT2D eigenvalue weighted by Crippen LogP contribution is 2.38. The van der Waals surface area contributed by atoms with Crippen LogP contribution in [0.25, 0.3) is 0 Å². The summed E-state index contributed by atoms with van der Waals surface area (Å²) in [5.74, 6) is -5.30. The molecule has 0 aromatic heterocycles. The Bertz CT molecular complexity index is 455. The van der Waals surface area contributed by atoms with E-state index < -0.39 is 17.5 Å². The van der Waals surface area contributed by atoms with Gasteiger partial charge in [-0.2, -0.15) is 8.78 Å². The molecule has 20 heavy (non-hydrogen) atoms.